The number of amides is 1. The first kappa shape index (κ1) is 17.8. The maximum atomic E-state index is 12.4. The summed E-state index contributed by atoms with van der Waals surface area (Å²) in [6.07, 6.45) is 1.59. The van der Waals surface area contributed by atoms with Crippen LogP contribution in [0.3, 0.4) is 0 Å². The van der Waals surface area contributed by atoms with Gasteiger partial charge in [0.15, 0.2) is 5.69 Å². The maximum absolute atomic E-state index is 12.4. The van der Waals surface area contributed by atoms with Gasteiger partial charge in [0, 0.05) is 24.8 Å². The van der Waals surface area contributed by atoms with Gasteiger partial charge in [-0.15, -0.1) is 0 Å². The monoisotopic (exact) mass is 331 g/mol. The number of H-pyrrole nitrogens is 1. The molecule has 0 aliphatic rings. The molecule has 0 spiro atoms. The van der Waals surface area contributed by atoms with Crippen molar-refractivity contribution < 1.29 is 14.3 Å². The highest BCUT2D eigenvalue weighted by Crippen LogP contribution is 2.17. The van der Waals surface area contributed by atoms with Gasteiger partial charge in [0.1, 0.15) is 11.5 Å². The molecule has 1 aromatic heterocycles. The Kier molecular flexibility index (Phi) is 6.23. The SMILES string of the molecule is CCc1[nH]nc(C(=O)N(C)CCCOc2ccc(OC)cc2)c1C. The summed E-state index contributed by atoms with van der Waals surface area (Å²) in [5, 5.41) is 7.07. The molecule has 1 aromatic carbocycles. The Bertz CT molecular complexity index is 665. The van der Waals surface area contributed by atoms with E-state index < -0.39 is 0 Å². The lowest BCUT2D eigenvalue weighted by Crippen LogP contribution is -2.29. The molecule has 6 nitrogen and oxygen atoms in total. The van der Waals surface area contributed by atoms with Crippen molar-refractivity contribution in [1.29, 1.82) is 0 Å². The van der Waals surface area contributed by atoms with E-state index in [0.717, 1.165) is 35.6 Å². The molecule has 0 radical (unpaired) electrons. The van der Waals surface area contributed by atoms with Crippen molar-refractivity contribution in [2.75, 3.05) is 27.3 Å². The maximum Gasteiger partial charge on any atom is 0.274 e. The zero-order chi connectivity index (χ0) is 17.5. The molecule has 0 atom stereocenters. The number of carbonyl (C=O) groups excluding carboxylic acids is 1. The van der Waals surface area contributed by atoms with Gasteiger partial charge in [-0.2, -0.15) is 5.10 Å². The number of hydrogen-bond acceptors (Lipinski definition) is 4. The minimum absolute atomic E-state index is 0.0621. The number of aromatic nitrogens is 2. The molecule has 1 amide bonds. The van der Waals surface area contributed by atoms with Gasteiger partial charge in [-0.05, 0) is 44.0 Å². The van der Waals surface area contributed by atoms with E-state index in [1.165, 1.54) is 0 Å². The normalized spacial score (nSPS) is 10.5. The highest BCUT2D eigenvalue weighted by atomic mass is 16.5. The predicted octanol–water partition coefficient (Wildman–Crippen LogP) is 2.83. The Labute approximate surface area is 142 Å². The van der Waals surface area contributed by atoms with Crippen molar-refractivity contribution in [1.82, 2.24) is 15.1 Å². The van der Waals surface area contributed by atoms with Gasteiger partial charge in [0.05, 0.1) is 13.7 Å². The number of hydrogen-bond donors (Lipinski definition) is 1. The molecular weight excluding hydrogens is 306 g/mol. The van der Waals surface area contributed by atoms with E-state index in [1.807, 2.05) is 38.1 Å². The number of nitrogens with zero attached hydrogens (tertiary/aromatic N) is 2. The van der Waals surface area contributed by atoms with Crippen LogP contribution < -0.4 is 9.47 Å². The van der Waals surface area contributed by atoms with Crippen LogP contribution in [0.2, 0.25) is 0 Å². The number of methoxy groups -OCH3 is 1. The Morgan fingerprint density at radius 1 is 1.25 bits per heavy atom. The molecule has 24 heavy (non-hydrogen) atoms. The smallest absolute Gasteiger partial charge is 0.274 e. The first-order valence-electron chi connectivity index (χ1n) is 8.13. The molecule has 0 saturated carbocycles. The lowest BCUT2D eigenvalue weighted by atomic mass is 10.1. The van der Waals surface area contributed by atoms with Crippen LogP contribution in [-0.4, -0.2) is 48.3 Å². The Hall–Kier alpha value is -2.50. The third-order valence-electron chi connectivity index (χ3n) is 3.98. The largest absolute Gasteiger partial charge is 0.497 e. The van der Waals surface area contributed by atoms with E-state index in [0.29, 0.717) is 18.8 Å². The number of aromatic amines is 1. The van der Waals surface area contributed by atoms with E-state index in [2.05, 4.69) is 10.2 Å². The molecular formula is C18H25N3O3. The van der Waals surface area contributed by atoms with E-state index in [4.69, 9.17) is 9.47 Å². The first-order valence-corrected chi connectivity index (χ1v) is 8.13. The summed E-state index contributed by atoms with van der Waals surface area (Å²) in [5.74, 6) is 1.53. The minimum atomic E-state index is -0.0621. The molecule has 1 heterocycles. The van der Waals surface area contributed by atoms with E-state index >= 15 is 0 Å². The fourth-order valence-electron chi connectivity index (χ4n) is 2.43. The average molecular weight is 331 g/mol. The summed E-state index contributed by atoms with van der Waals surface area (Å²) in [6, 6.07) is 7.45. The Morgan fingerprint density at radius 2 is 1.92 bits per heavy atom. The topological polar surface area (TPSA) is 67.5 Å². The lowest BCUT2D eigenvalue weighted by Gasteiger charge is -2.16. The molecule has 0 unspecified atom stereocenters. The van der Waals surface area contributed by atoms with Crippen LogP contribution in [-0.2, 0) is 6.42 Å². The van der Waals surface area contributed by atoms with Gasteiger partial charge < -0.3 is 14.4 Å². The van der Waals surface area contributed by atoms with E-state index in [1.54, 1.807) is 19.1 Å². The second-order valence-corrected chi connectivity index (χ2v) is 5.63. The van der Waals surface area contributed by atoms with Gasteiger partial charge in [0.25, 0.3) is 5.91 Å². The average Bonchev–Trinajstić information content (AvgIpc) is 2.98. The zero-order valence-electron chi connectivity index (χ0n) is 14.8. The molecule has 0 saturated heterocycles. The minimum Gasteiger partial charge on any atom is -0.497 e. The van der Waals surface area contributed by atoms with Crippen molar-refractivity contribution in [3.63, 3.8) is 0 Å². The molecule has 6 heteroatoms. The fourth-order valence-corrected chi connectivity index (χ4v) is 2.43. The summed E-state index contributed by atoms with van der Waals surface area (Å²) >= 11 is 0. The van der Waals surface area contributed by atoms with Crippen LogP contribution in [0.4, 0.5) is 0 Å². The number of nitrogens with one attached hydrogen (secondary N) is 1. The summed E-state index contributed by atoms with van der Waals surface area (Å²) in [5.41, 5.74) is 2.45. The molecule has 130 valence electrons. The van der Waals surface area contributed by atoms with Gasteiger partial charge in [-0.25, -0.2) is 0 Å². The van der Waals surface area contributed by atoms with E-state index in [9.17, 15) is 4.79 Å². The van der Waals surface area contributed by atoms with E-state index in [-0.39, 0.29) is 5.91 Å². The summed E-state index contributed by atoms with van der Waals surface area (Å²) in [6.45, 7) is 5.12. The quantitative estimate of drug-likeness (QED) is 0.755. The predicted molar refractivity (Wildman–Crippen MR) is 92.8 cm³/mol. The van der Waals surface area contributed by atoms with Crippen LogP contribution >= 0.6 is 0 Å². The first-order chi connectivity index (χ1) is 11.6. The molecule has 0 aliphatic heterocycles. The molecule has 2 aromatic rings. The van der Waals surface area contributed by atoms with Crippen molar-refractivity contribution in [3.8, 4) is 11.5 Å². The standard InChI is InChI=1S/C18H25N3O3/c1-5-16-13(2)17(20-19-16)18(22)21(3)11-6-12-24-15-9-7-14(23-4)8-10-15/h7-10H,5-6,11-12H2,1-4H3,(H,19,20). The van der Waals surface area contributed by atoms with Crippen LogP contribution in [0.25, 0.3) is 0 Å². The Morgan fingerprint density at radius 3 is 2.50 bits per heavy atom. The van der Waals surface area contributed by atoms with Crippen LogP contribution in [0.1, 0.15) is 35.1 Å². The number of rotatable bonds is 8. The summed E-state index contributed by atoms with van der Waals surface area (Å²) < 4.78 is 10.8. The molecule has 1 N–H and O–H groups in total. The lowest BCUT2D eigenvalue weighted by molar-refractivity contribution is 0.0781. The zero-order valence-corrected chi connectivity index (χ0v) is 14.8. The van der Waals surface area contributed by atoms with Crippen molar-refractivity contribution in [2.45, 2.75) is 26.7 Å². The summed E-state index contributed by atoms with van der Waals surface area (Å²) in [7, 11) is 3.42. The molecule has 0 bridgehead atoms. The highest BCUT2D eigenvalue weighted by molar-refractivity contribution is 5.93. The number of ether oxygens (including phenoxy) is 2. The van der Waals surface area contributed by atoms with Crippen molar-refractivity contribution in [2.24, 2.45) is 0 Å². The third kappa shape index (κ3) is 4.28. The van der Waals surface area contributed by atoms with Crippen LogP contribution in [0.5, 0.6) is 11.5 Å². The van der Waals surface area contributed by atoms with Gasteiger partial charge in [0.2, 0.25) is 0 Å². The highest BCUT2D eigenvalue weighted by Gasteiger charge is 2.18. The summed E-state index contributed by atoms with van der Waals surface area (Å²) in [4.78, 5) is 14.1. The van der Waals surface area contributed by atoms with Gasteiger partial charge in [-0.3, -0.25) is 9.89 Å². The van der Waals surface area contributed by atoms with Gasteiger partial charge >= 0.3 is 0 Å². The molecule has 0 aliphatic carbocycles. The molecule has 0 fully saturated rings. The number of benzene rings is 1. The second-order valence-electron chi connectivity index (χ2n) is 5.63. The fraction of sp³-hybridized carbons (Fsp3) is 0.444. The molecule has 2 rings (SSSR count). The number of carbonyl (C=O) groups is 1. The number of aryl methyl sites for hydroxylation is 1. The van der Waals surface area contributed by atoms with Crippen LogP contribution in [0.15, 0.2) is 24.3 Å². The van der Waals surface area contributed by atoms with Crippen molar-refractivity contribution >= 4 is 5.91 Å². The Balaban J connectivity index is 1.78. The third-order valence-corrected chi connectivity index (χ3v) is 3.98. The van der Waals surface area contributed by atoms with Crippen LogP contribution in [0, 0.1) is 6.92 Å². The van der Waals surface area contributed by atoms with Gasteiger partial charge in [-0.1, -0.05) is 6.92 Å². The second kappa shape index (κ2) is 8.38. The van der Waals surface area contributed by atoms with Crippen molar-refractivity contribution in [3.05, 3.63) is 41.2 Å².